The molecule has 0 saturated heterocycles. The molecule has 2 rings (SSSR count). The second-order valence-electron chi connectivity index (χ2n) is 4.27. The van der Waals surface area contributed by atoms with Crippen molar-refractivity contribution >= 4 is 5.91 Å². The van der Waals surface area contributed by atoms with E-state index in [1.54, 1.807) is 27.2 Å². The maximum Gasteiger partial charge on any atom is 0.255 e. The number of methoxy groups -OCH3 is 2. The summed E-state index contributed by atoms with van der Waals surface area (Å²) < 4.78 is 10.4. The monoisotopic (exact) mass is 275 g/mol. The normalized spacial score (nSPS) is 10.2. The molecule has 6 heteroatoms. The van der Waals surface area contributed by atoms with Gasteiger partial charge >= 0.3 is 0 Å². The fraction of sp³-hybridized carbons (Fsp3) is 0.286. The zero-order valence-electron chi connectivity index (χ0n) is 11.7. The maximum absolute atomic E-state index is 12.0. The van der Waals surface area contributed by atoms with E-state index in [0.29, 0.717) is 23.6 Å². The average molecular weight is 275 g/mol. The Morgan fingerprint density at radius 1 is 1.35 bits per heavy atom. The molecule has 0 radical (unpaired) electrons. The second kappa shape index (κ2) is 6.10. The highest BCUT2D eigenvalue weighted by molar-refractivity contribution is 5.94. The van der Waals surface area contributed by atoms with Gasteiger partial charge in [0, 0.05) is 23.9 Å². The van der Waals surface area contributed by atoms with Crippen LogP contribution in [-0.2, 0) is 6.54 Å². The summed E-state index contributed by atoms with van der Waals surface area (Å²) >= 11 is 0. The SMILES string of the molecule is COc1ccc(CNC(=O)c2cn[nH]c2C)c(OC)c1. The van der Waals surface area contributed by atoms with E-state index in [0.717, 1.165) is 11.3 Å². The first-order valence-electron chi connectivity index (χ1n) is 6.14. The van der Waals surface area contributed by atoms with Crippen LogP contribution in [-0.4, -0.2) is 30.3 Å². The first-order valence-corrected chi connectivity index (χ1v) is 6.14. The first kappa shape index (κ1) is 13.9. The van der Waals surface area contributed by atoms with Crippen molar-refractivity contribution < 1.29 is 14.3 Å². The Hall–Kier alpha value is -2.50. The molecule has 106 valence electrons. The minimum Gasteiger partial charge on any atom is -0.497 e. The van der Waals surface area contributed by atoms with Gasteiger partial charge in [-0.25, -0.2) is 0 Å². The molecule has 0 unspecified atom stereocenters. The van der Waals surface area contributed by atoms with Crippen molar-refractivity contribution in [3.63, 3.8) is 0 Å². The van der Waals surface area contributed by atoms with E-state index >= 15 is 0 Å². The largest absolute Gasteiger partial charge is 0.497 e. The molecular formula is C14H17N3O3. The lowest BCUT2D eigenvalue weighted by molar-refractivity contribution is 0.0950. The number of aryl methyl sites for hydroxylation is 1. The fourth-order valence-corrected chi connectivity index (χ4v) is 1.85. The predicted molar refractivity (Wildman–Crippen MR) is 74.0 cm³/mol. The van der Waals surface area contributed by atoms with Crippen LogP contribution in [0, 0.1) is 6.92 Å². The zero-order valence-corrected chi connectivity index (χ0v) is 11.7. The number of benzene rings is 1. The summed E-state index contributed by atoms with van der Waals surface area (Å²) in [6.07, 6.45) is 1.51. The van der Waals surface area contributed by atoms with E-state index in [1.165, 1.54) is 6.20 Å². The predicted octanol–water partition coefficient (Wildman–Crippen LogP) is 1.67. The van der Waals surface area contributed by atoms with Gasteiger partial charge in [0.05, 0.1) is 26.0 Å². The van der Waals surface area contributed by atoms with Crippen molar-refractivity contribution in [3.8, 4) is 11.5 Å². The standard InChI is InChI=1S/C14H17N3O3/c1-9-12(8-16-17-9)14(18)15-7-10-4-5-11(19-2)6-13(10)20-3/h4-6,8H,7H2,1-3H3,(H,15,18)(H,16,17). The average Bonchev–Trinajstić information content (AvgIpc) is 2.90. The third-order valence-electron chi connectivity index (χ3n) is 3.01. The van der Waals surface area contributed by atoms with Crippen LogP contribution < -0.4 is 14.8 Å². The minimum atomic E-state index is -0.172. The van der Waals surface area contributed by atoms with Gasteiger partial charge in [-0.15, -0.1) is 0 Å². The Balaban J connectivity index is 2.07. The van der Waals surface area contributed by atoms with Crippen LogP contribution >= 0.6 is 0 Å². The number of hydrogen-bond acceptors (Lipinski definition) is 4. The molecule has 2 N–H and O–H groups in total. The van der Waals surface area contributed by atoms with Crippen LogP contribution in [0.15, 0.2) is 24.4 Å². The number of aromatic nitrogens is 2. The molecule has 2 aromatic rings. The summed E-state index contributed by atoms with van der Waals surface area (Å²) in [5.74, 6) is 1.21. The van der Waals surface area contributed by atoms with E-state index in [-0.39, 0.29) is 5.91 Å². The topological polar surface area (TPSA) is 76.2 Å². The number of amides is 1. The van der Waals surface area contributed by atoms with E-state index in [1.807, 2.05) is 12.1 Å². The molecule has 0 aliphatic rings. The van der Waals surface area contributed by atoms with Gasteiger partial charge in [-0.1, -0.05) is 0 Å². The molecule has 0 spiro atoms. The highest BCUT2D eigenvalue weighted by atomic mass is 16.5. The number of hydrogen-bond donors (Lipinski definition) is 2. The molecule has 1 aromatic carbocycles. The summed E-state index contributed by atoms with van der Waals surface area (Å²) in [4.78, 5) is 12.0. The summed E-state index contributed by atoms with van der Waals surface area (Å²) in [6, 6.07) is 5.47. The molecule has 0 fully saturated rings. The minimum absolute atomic E-state index is 0.172. The molecule has 1 aromatic heterocycles. The van der Waals surface area contributed by atoms with Gasteiger partial charge < -0.3 is 14.8 Å². The Bertz CT molecular complexity index is 607. The number of aromatic amines is 1. The number of H-pyrrole nitrogens is 1. The van der Waals surface area contributed by atoms with Crippen molar-refractivity contribution in [1.82, 2.24) is 15.5 Å². The number of carbonyl (C=O) groups is 1. The highest BCUT2D eigenvalue weighted by Crippen LogP contribution is 2.24. The first-order chi connectivity index (χ1) is 9.65. The zero-order chi connectivity index (χ0) is 14.5. The van der Waals surface area contributed by atoms with Gasteiger partial charge in [0.2, 0.25) is 0 Å². The lowest BCUT2D eigenvalue weighted by atomic mass is 10.1. The van der Waals surface area contributed by atoms with Crippen molar-refractivity contribution in [1.29, 1.82) is 0 Å². The molecule has 1 amide bonds. The summed E-state index contributed by atoms with van der Waals surface area (Å²) in [5, 5.41) is 9.40. The van der Waals surface area contributed by atoms with E-state index in [2.05, 4.69) is 15.5 Å². The Labute approximate surface area is 117 Å². The molecule has 0 aliphatic heterocycles. The third kappa shape index (κ3) is 2.90. The smallest absolute Gasteiger partial charge is 0.255 e. The third-order valence-corrected chi connectivity index (χ3v) is 3.01. The highest BCUT2D eigenvalue weighted by Gasteiger charge is 2.12. The number of ether oxygens (including phenoxy) is 2. The number of nitrogens with zero attached hydrogens (tertiary/aromatic N) is 1. The van der Waals surface area contributed by atoms with Crippen molar-refractivity contribution in [3.05, 3.63) is 41.2 Å². The Morgan fingerprint density at radius 3 is 2.75 bits per heavy atom. The molecule has 0 bridgehead atoms. The van der Waals surface area contributed by atoms with Gasteiger partial charge in [0.1, 0.15) is 11.5 Å². The van der Waals surface area contributed by atoms with Crippen molar-refractivity contribution in [2.24, 2.45) is 0 Å². The summed E-state index contributed by atoms with van der Waals surface area (Å²) in [7, 11) is 3.18. The van der Waals surface area contributed by atoms with Crippen LogP contribution in [0.1, 0.15) is 21.6 Å². The van der Waals surface area contributed by atoms with Crippen LogP contribution in [0.2, 0.25) is 0 Å². The van der Waals surface area contributed by atoms with Crippen molar-refractivity contribution in [2.75, 3.05) is 14.2 Å². The second-order valence-corrected chi connectivity index (χ2v) is 4.27. The van der Waals surface area contributed by atoms with Crippen LogP contribution in [0.3, 0.4) is 0 Å². The number of carbonyl (C=O) groups excluding carboxylic acids is 1. The maximum atomic E-state index is 12.0. The molecular weight excluding hydrogens is 258 g/mol. The molecule has 0 saturated carbocycles. The van der Waals surface area contributed by atoms with Crippen LogP contribution in [0.25, 0.3) is 0 Å². The van der Waals surface area contributed by atoms with E-state index < -0.39 is 0 Å². The van der Waals surface area contributed by atoms with E-state index in [9.17, 15) is 4.79 Å². The quantitative estimate of drug-likeness (QED) is 0.870. The van der Waals surface area contributed by atoms with Gasteiger partial charge in [0.15, 0.2) is 0 Å². The summed E-state index contributed by atoms with van der Waals surface area (Å²) in [5.41, 5.74) is 2.16. The molecule has 0 atom stereocenters. The molecule has 20 heavy (non-hydrogen) atoms. The molecule has 1 heterocycles. The Kier molecular flexibility index (Phi) is 4.24. The number of rotatable bonds is 5. The van der Waals surface area contributed by atoms with Crippen LogP contribution in [0.4, 0.5) is 0 Å². The Morgan fingerprint density at radius 2 is 2.15 bits per heavy atom. The fourth-order valence-electron chi connectivity index (χ4n) is 1.85. The lowest BCUT2D eigenvalue weighted by Crippen LogP contribution is -2.23. The number of nitrogens with one attached hydrogen (secondary N) is 2. The molecule has 0 aliphatic carbocycles. The molecule has 6 nitrogen and oxygen atoms in total. The lowest BCUT2D eigenvalue weighted by Gasteiger charge is -2.11. The van der Waals surface area contributed by atoms with E-state index in [4.69, 9.17) is 9.47 Å². The van der Waals surface area contributed by atoms with Gasteiger partial charge in [-0.2, -0.15) is 5.10 Å². The van der Waals surface area contributed by atoms with Crippen LogP contribution in [0.5, 0.6) is 11.5 Å². The van der Waals surface area contributed by atoms with Gasteiger partial charge in [0.25, 0.3) is 5.91 Å². The van der Waals surface area contributed by atoms with Crippen molar-refractivity contribution in [2.45, 2.75) is 13.5 Å². The van der Waals surface area contributed by atoms with Gasteiger partial charge in [-0.05, 0) is 19.1 Å². The summed E-state index contributed by atoms with van der Waals surface area (Å²) in [6.45, 7) is 2.17. The van der Waals surface area contributed by atoms with Gasteiger partial charge in [-0.3, -0.25) is 9.89 Å².